The number of ether oxygens (including phenoxy) is 4. The predicted octanol–water partition coefficient (Wildman–Crippen LogP) is 1.73. The Morgan fingerprint density at radius 3 is 2.52 bits per heavy atom. The molecule has 144 valence electrons. The van der Waals surface area contributed by atoms with Crippen molar-refractivity contribution in [2.45, 2.75) is 11.4 Å². The molecule has 3 rings (SSSR count). The summed E-state index contributed by atoms with van der Waals surface area (Å²) in [4.78, 5) is 11.9. The minimum atomic E-state index is -3.78. The third-order valence-electron chi connectivity index (χ3n) is 3.96. The SMILES string of the molecule is COC(=O)c1cc(CNS(=O)(=O)c2ccc3c(c2)OCCO3)ccc1OC. The lowest BCUT2D eigenvalue weighted by molar-refractivity contribution is 0.0597. The highest BCUT2D eigenvalue weighted by Crippen LogP contribution is 2.32. The van der Waals surface area contributed by atoms with Gasteiger partial charge in [-0.1, -0.05) is 6.07 Å². The van der Waals surface area contributed by atoms with Crippen molar-refractivity contribution in [1.82, 2.24) is 4.72 Å². The van der Waals surface area contributed by atoms with Gasteiger partial charge in [-0.25, -0.2) is 17.9 Å². The first kappa shape index (κ1) is 19.0. The van der Waals surface area contributed by atoms with Crippen LogP contribution in [0.25, 0.3) is 0 Å². The number of benzene rings is 2. The zero-order chi connectivity index (χ0) is 19.4. The van der Waals surface area contributed by atoms with Crippen LogP contribution in [0.5, 0.6) is 17.2 Å². The Morgan fingerprint density at radius 2 is 1.81 bits per heavy atom. The van der Waals surface area contributed by atoms with Crippen LogP contribution in [0.1, 0.15) is 15.9 Å². The summed E-state index contributed by atoms with van der Waals surface area (Å²) in [6, 6.07) is 9.20. The molecule has 1 N–H and O–H groups in total. The maximum absolute atomic E-state index is 12.6. The van der Waals surface area contributed by atoms with E-state index in [2.05, 4.69) is 4.72 Å². The lowest BCUT2D eigenvalue weighted by Crippen LogP contribution is -2.24. The highest BCUT2D eigenvalue weighted by Gasteiger charge is 2.20. The lowest BCUT2D eigenvalue weighted by atomic mass is 10.1. The van der Waals surface area contributed by atoms with Crippen molar-refractivity contribution in [3.05, 3.63) is 47.5 Å². The monoisotopic (exact) mass is 393 g/mol. The van der Waals surface area contributed by atoms with Gasteiger partial charge in [0.1, 0.15) is 24.5 Å². The maximum Gasteiger partial charge on any atom is 0.341 e. The first-order valence-electron chi connectivity index (χ1n) is 8.09. The van der Waals surface area contributed by atoms with Crippen LogP contribution in [0.3, 0.4) is 0 Å². The molecule has 0 bridgehead atoms. The van der Waals surface area contributed by atoms with Crippen molar-refractivity contribution in [3.8, 4) is 17.2 Å². The highest BCUT2D eigenvalue weighted by molar-refractivity contribution is 7.89. The van der Waals surface area contributed by atoms with Gasteiger partial charge in [-0.3, -0.25) is 0 Å². The molecule has 1 heterocycles. The number of carbonyl (C=O) groups excluding carboxylic acids is 1. The summed E-state index contributed by atoms with van der Waals surface area (Å²) >= 11 is 0. The molecule has 0 amide bonds. The predicted molar refractivity (Wildman–Crippen MR) is 95.8 cm³/mol. The van der Waals surface area contributed by atoms with Gasteiger partial charge in [-0.15, -0.1) is 0 Å². The van der Waals surface area contributed by atoms with Gasteiger partial charge in [0.25, 0.3) is 0 Å². The first-order valence-corrected chi connectivity index (χ1v) is 9.57. The standard InChI is InChI=1S/C18H19NO7S/c1-23-15-5-3-12(9-14(15)18(20)24-2)11-19-27(21,22)13-4-6-16-17(10-13)26-8-7-25-16/h3-6,9-10,19H,7-8,11H2,1-2H3. The molecule has 0 aliphatic carbocycles. The van der Waals surface area contributed by atoms with Crippen LogP contribution in [0.15, 0.2) is 41.3 Å². The third kappa shape index (κ3) is 4.15. The van der Waals surface area contributed by atoms with E-state index in [1.165, 1.54) is 32.4 Å². The number of methoxy groups -OCH3 is 2. The molecule has 2 aromatic rings. The number of esters is 1. The number of sulfonamides is 1. The van der Waals surface area contributed by atoms with Crippen molar-refractivity contribution in [2.75, 3.05) is 27.4 Å². The fourth-order valence-corrected chi connectivity index (χ4v) is 3.62. The lowest BCUT2D eigenvalue weighted by Gasteiger charge is -2.19. The molecular weight excluding hydrogens is 374 g/mol. The van der Waals surface area contributed by atoms with E-state index in [1.807, 2.05) is 0 Å². The largest absolute Gasteiger partial charge is 0.496 e. The molecule has 8 nitrogen and oxygen atoms in total. The molecule has 0 saturated carbocycles. The number of hydrogen-bond donors (Lipinski definition) is 1. The number of nitrogens with one attached hydrogen (secondary N) is 1. The molecule has 0 radical (unpaired) electrons. The van der Waals surface area contributed by atoms with E-state index in [0.29, 0.717) is 36.0 Å². The Kier molecular flexibility index (Phi) is 5.52. The molecule has 0 aromatic heterocycles. The molecule has 9 heteroatoms. The van der Waals surface area contributed by atoms with E-state index in [4.69, 9.17) is 18.9 Å². The van der Waals surface area contributed by atoms with E-state index in [0.717, 1.165) is 0 Å². The molecular formula is C18H19NO7S. The van der Waals surface area contributed by atoms with Gasteiger partial charge in [0.2, 0.25) is 10.0 Å². The van der Waals surface area contributed by atoms with Crippen molar-refractivity contribution in [3.63, 3.8) is 0 Å². The Morgan fingerprint density at radius 1 is 1.07 bits per heavy atom. The number of carbonyl (C=O) groups is 1. The van der Waals surface area contributed by atoms with Gasteiger partial charge in [-0.05, 0) is 29.8 Å². The second kappa shape index (κ2) is 7.85. The number of rotatable bonds is 6. The van der Waals surface area contributed by atoms with Crippen LogP contribution in [0.2, 0.25) is 0 Å². The zero-order valence-corrected chi connectivity index (χ0v) is 15.7. The summed E-state index contributed by atoms with van der Waals surface area (Å²) in [5.41, 5.74) is 0.799. The summed E-state index contributed by atoms with van der Waals surface area (Å²) in [5, 5.41) is 0. The Labute approximate surface area is 157 Å². The second-order valence-corrected chi connectivity index (χ2v) is 7.42. The van der Waals surface area contributed by atoms with Gasteiger partial charge in [0.15, 0.2) is 11.5 Å². The average Bonchev–Trinajstić information content (AvgIpc) is 2.71. The van der Waals surface area contributed by atoms with E-state index in [9.17, 15) is 13.2 Å². The molecule has 1 aliphatic heterocycles. The fourth-order valence-electron chi connectivity index (χ4n) is 2.59. The average molecular weight is 393 g/mol. The normalized spacial score (nSPS) is 13.1. The van der Waals surface area contributed by atoms with Crippen molar-refractivity contribution in [1.29, 1.82) is 0 Å². The summed E-state index contributed by atoms with van der Waals surface area (Å²) in [7, 11) is -1.08. The molecule has 0 atom stereocenters. The second-order valence-electron chi connectivity index (χ2n) is 5.66. The summed E-state index contributed by atoms with van der Waals surface area (Å²) < 4.78 is 48.3. The molecule has 0 unspecified atom stereocenters. The van der Waals surface area contributed by atoms with E-state index in [1.54, 1.807) is 18.2 Å². The van der Waals surface area contributed by atoms with Gasteiger partial charge < -0.3 is 18.9 Å². The van der Waals surface area contributed by atoms with Crippen LogP contribution in [0.4, 0.5) is 0 Å². The fraction of sp³-hybridized carbons (Fsp3) is 0.278. The molecule has 0 spiro atoms. The van der Waals surface area contributed by atoms with Crippen LogP contribution < -0.4 is 18.9 Å². The maximum atomic E-state index is 12.6. The van der Waals surface area contributed by atoms with Crippen molar-refractivity contribution in [2.24, 2.45) is 0 Å². The van der Waals surface area contributed by atoms with Crippen LogP contribution in [0, 0.1) is 0 Å². The minimum absolute atomic E-state index is 0.00916. The molecule has 2 aromatic carbocycles. The van der Waals surface area contributed by atoms with E-state index < -0.39 is 16.0 Å². The summed E-state index contributed by atoms with van der Waals surface area (Å²) in [6.45, 7) is 0.786. The van der Waals surface area contributed by atoms with Gasteiger partial charge >= 0.3 is 5.97 Å². The topological polar surface area (TPSA) is 100 Å². The minimum Gasteiger partial charge on any atom is -0.496 e. The Balaban J connectivity index is 1.78. The quantitative estimate of drug-likeness (QED) is 0.746. The summed E-state index contributed by atoms with van der Waals surface area (Å²) in [6.07, 6.45) is 0. The number of fused-ring (bicyclic) bond motifs is 1. The van der Waals surface area contributed by atoms with E-state index in [-0.39, 0.29) is 17.0 Å². The third-order valence-corrected chi connectivity index (χ3v) is 5.36. The molecule has 27 heavy (non-hydrogen) atoms. The van der Waals surface area contributed by atoms with Gasteiger partial charge in [0, 0.05) is 12.6 Å². The first-order chi connectivity index (χ1) is 12.9. The number of hydrogen-bond acceptors (Lipinski definition) is 7. The molecule has 0 fully saturated rings. The van der Waals surface area contributed by atoms with Crippen molar-refractivity contribution < 1.29 is 32.2 Å². The van der Waals surface area contributed by atoms with Crippen LogP contribution in [-0.4, -0.2) is 41.8 Å². The smallest absolute Gasteiger partial charge is 0.341 e. The summed E-state index contributed by atoms with van der Waals surface area (Å²) in [5.74, 6) is 0.684. The van der Waals surface area contributed by atoms with Gasteiger partial charge in [0.05, 0.1) is 19.1 Å². The molecule has 1 aliphatic rings. The van der Waals surface area contributed by atoms with Gasteiger partial charge in [-0.2, -0.15) is 0 Å². The molecule has 0 saturated heterocycles. The highest BCUT2D eigenvalue weighted by atomic mass is 32.2. The van der Waals surface area contributed by atoms with Crippen LogP contribution >= 0.6 is 0 Å². The van der Waals surface area contributed by atoms with Crippen molar-refractivity contribution >= 4 is 16.0 Å². The Hall–Kier alpha value is -2.78. The zero-order valence-electron chi connectivity index (χ0n) is 14.9. The Bertz CT molecular complexity index is 956. The van der Waals surface area contributed by atoms with Crippen LogP contribution in [-0.2, 0) is 21.3 Å². The van der Waals surface area contributed by atoms with E-state index >= 15 is 0 Å².